The number of amides is 1. The highest BCUT2D eigenvalue weighted by molar-refractivity contribution is 6.67. The van der Waals surface area contributed by atoms with E-state index in [9.17, 15) is 9.59 Å². The molecule has 0 aromatic heterocycles. The van der Waals surface area contributed by atoms with Gasteiger partial charge in [0.05, 0.1) is 20.3 Å². The molecule has 1 aromatic rings. The van der Waals surface area contributed by atoms with Crippen molar-refractivity contribution in [3.05, 3.63) is 36.4 Å². The second-order valence-electron chi connectivity index (χ2n) is 5.49. The minimum atomic E-state index is -1.75. The number of hydrogen-bond acceptors (Lipinski definition) is 7. The quantitative estimate of drug-likeness (QED) is 0.401. The number of alkyl halides is 3. The SMILES string of the molecule is COC(=O)[C@H]1O[C@H](Oc2ccc(OC)cc2)C=C[C@@H]1NC(=O)OCC(Cl)(Cl)Cl. The van der Waals surface area contributed by atoms with E-state index in [-0.39, 0.29) is 0 Å². The lowest BCUT2D eigenvalue weighted by atomic mass is 10.1. The molecule has 0 saturated carbocycles. The molecule has 1 amide bonds. The summed E-state index contributed by atoms with van der Waals surface area (Å²) in [5.41, 5.74) is 0. The Kier molecular flexibility index (Phi) is 8.06. The summed E-state index contributed by atoms with van der Waals surface area (Å²) < 4.78 is 24.1. The number of halogens is 3. The van der Waals surface area contributed by atoms with E-state index in [0.29, 0.717) is 11.5 Å². The standard InChI is InChI=1S/C17H18Cl3NO7/c1-24-10-3-5-11(6-4-10)27-13-8-7-12(14(28-13)15(22)25-2)21-16(23)26-9-17(18,19)20/h3-8,12-14H,9H2,1-2H3,(H,21,23)/t12-,13-,14-/m0/s1. The van der Waals surface area contributed by atoms with Crippen LogP contribution in [0, 0.1) is 0 Å². The van der Waals surface area contributed by atoms with Gasteiger partial charge in [-0.15, -0.1) is 0 Å². The molecule has 1 N–H and O–H groups in total. The number of benzene rings is 1. The van der Waals surface area contributed by atoms with Crippen LogP contribution < -0.4 is 14.8 Å². The van der Waals surface area contributed by atoms with Crippen LogP contribution >= 0.6 is 34.8 Å². The van der Waals surface area contributed by atoms with Gasteiger partial charge in [0.2, 0.25) is 10.1 Å². The summed E-state index contributed by atoms with van der Waals surface area (Å²) in [6, 6.07) is 5.92. The second-order valence-corrected chi connectivity index (χ2v) is 8.00. The Hall–Kier alpha value is -1.87. The number of hydrogen-bond donors (Lipinski definition) is 1. The van der Waals surface area contributed by atoms with Crippen LogP contribution in [-0.2, 0) is 19.0 Å². The van der Waals surface area contributed by atoms with Crippen molar-refractivity contribution in [2.24, 2.45) is 0 Å². The number of carbonyl (C=O) groups excluding carboxylic acids is 2. The first-order valence-electron chi connectivity index (χ1n) is 7.94. The maximum absolute atomic E-state index is 12.0. The largest absolute Gasteiger partial charge is 0.497 e. The van der Waals surface area contributed by atoms with Gasteiger partial charge in [0.1, 0.15) is 18.1 Å². The molecule has 1 heterocycles. The molecule has 1 aliphatic heterocycles. The maximum Gasteiger partial charge on any atom is 0.407 e. The number of rotatable bonds is 6. The third-order valence-electron chi connectivity index (χ3n) is 3.48. The molecular weight excluding hydrogens is 437 g/mol. The van der Waals surface area contributed by atoms with Crippen LogP contribution in [0.4, 0.5) is 4.79 Å². The third-order valence-corrected chi connectivity index (χ3v) is 3.81. The molecule has 1 aromatic carbocycles. The first kappa shape index (κ1) is 22.4. The van der Waals surface area contributed by atoms with Gasteiger partial charge in [-0.05, 0) is 30.3 Å². The summed E-state index contributed by atoms with van der Waals surface area (Å²) in [7, 11) is 2.75. The molecule has 11 heteroatoms. The van der Waals surface area contributed by atoms with Crippen LogP contribution in [0.25, 0.3) is 0 Å². The lowest BCUT2D eigenvalue weighted by Crippen LogP contribution is -2.52. The van der Waals surface area contributed by atoms with Gasteiger partial charge in [-0.2, -0.15) is 0 Å². The molecule has 0 bridgehead atoms. The molecule has 28 heavy (non-hydrogen) atoms. The van der Waals surface area contributed by atoms with Crippen molar-refractivity contribution in [1.29, 1.82) is 0 Å². The molecule has 154 valence electrons. The van der Waals surface area contributed by atoms with Crippen LogP contribution in [0.1, 0.15) is 0 Å². The number of ether oxygens (including phenoxy) is 5. The van der Waals surface area contributed by atoms with Crippen molar-refractivity contribution < 1.29 is 33.3 Å². The molecular formula is C17H18Cl3NO7. The minimum absolute atomic E-state index is 0.465. The summed E-state index contributed by atoms with van der Waals surface area (Å²) in [6.45, 7) is -0.465. The highest BCUT2D eigenvalue weighted by Crippen LogP contribution is 2.26. The average Bonchev–Trinajstić information content (AvgIpc) is 2.67. The van der Waals surface area contributed by atoms with E-state index >= 15 is 0 Å². The van der Waals surface area contributed by atoms with E-state index < -0.39 is 40.9 Å². The normalized spacial score (nSPS) is 21.5. The van der Waals surface area contributed by atoms with Crippen molar-refractivity contribution in [3.63, 3.8) is 0 Å². The van der Waals surface area contributed by atoms with Crippen molar-refractivity contribution in [2.45, 2.75) is 22.2 Å². The van der Waals surface area contributed by atoms with Crippen LogP contribution in [0.2, 0.25) is 0 Å². The lowest BCUT2D eigenvalue weighted by Gasteiger charge is -2.30. The molecule has 0 aliphatic carbocycles. The number of alkyl carbamates (subject to hydrolysis) is 1. The highest BCUT2D eigenvalue weighted by atomic mass is 35.6. The summed E-state index contributed by atoms with van der Waals surface area (Å²) in [5.74, 6) is 0.449. The van der Waals surface area contributed by atoms with Crippen LogP contribution in [0.3, 0.4) is 0 Å². The van der Waals surface area contributed by atoms with E-state index in [1.807, 2.05) is 0 Å². The Morgan fingerprint density at radius 1 is 1.11 bits per heavy atom. The van der Waals surface area contributed by atoms with Gasteiger partial charge >= 0.3 is 12.1 Å². The molecule has 0 unspecified atom stereocenters. The third kappa shape index (κ3) is 6.94. The molecule has 0 fully saturated rings. The lowest BCUT2D eigenvalue weighted by molar-refractivity contribution is -0.170. The van der Waals surface area contributed by atoms with Crippen molar-refractivity contribution >= 4 is 46.9 Å². The Balaban J connectivity index is 2.02. The Morgan fingerprint density at radius 2 is 1.75 bits per heavy atom. The molecule has 0 spiro atoms. The Morgan fingerprint density at radius 3 is 2.32 bits per heavy atom. The fourth-order valence-electron chi connectivity index (χ4n) is 2.21. The van der Waals surface area contributed by atoms with Crippen molar-refractivity contribution in [3.8, 4) is 11.5 Å². The molecule has 0 saturated heterocycles. The minimum Gasteiger partial charge on any atom is -0.497 e. The van der Waals surface area contributed by atoms with Gasteiger partial charge in [-0.25, -0.2) is 9.59 Å². The van der Waals surface area contributed by atoms with Crippen LogP contribution in [-0.4, -0.2) is 55.1 Å². The van der Waals surface area contributed by atoms with E-state index in [1.165, 1.54) is 19.3 Å². The smallest absolute Gasteiger partial charge is 0.407 e. The monoisotopic (exact) mass is 453 g/mol. The zero-order valence-electron chi connectivity index (χ0n) is 14.9. The topological polar surface area (TPSA) is 92.3 Å². The maximum atomic E-state index is 12.0. The van der Waals surface area contributed by atoms with Gasteiger partial charge in [-0.1, -0.05) is 40.9 Å². The predicted octanol–water partition coefficient (Wildman–Crippen LogP) is 2.99. The summed E-state index contributed by atoms with van der Waals surface area (Å²) >= 11 is 16.6. The highest BCUT2D eigenvalue weighted by Gasteiger charge is 2.36. The molecule has 0 radical (unpaired) electrons. The summed E-state index contributed by atoms with van der Waals surface area (Å²) in [5, 5.41) is 2.43. The fraction of sp³-hybridized carbons (Fsp3) is 0.412. The zero-order chi connectivity index (χ0) is 20.7. The second kappa shape index (κ2) is 10.1. The summed E-state index contributed by atoms with van der Waals surface area (Å²) in [4.78, 5) is 23.9. The average molecular weight is 455 g/mol. The number of esters is 1. The molecule has 8 nitrogen and oxygen atoms in total. The van der Waals surface area contributed by atoms with E-state index in [2.05, 4.69) is 5.32 Å². The van der Waals surface area contributed by atoms with Gasteiger partial charge < -0.3 is 29.0 Å². The first-order chi connectivity index (χ1) is 13.2. The Labute approximate surface area is 176 Å². The Bertz CT molecular complexity index is 706. The molecule has 1 aliphatic rings. The van der Waals surface area contributed by atoms with E-state index in [1.54, 1.807) is 31.4 Å². The molecule has 2 rings (SSSR count). The van der Waals surface area contributed by atoms with Crippen LogP contribution in [0.15, 0.2) is 36.4 Å². The van der Waals surface area contributed by atoms with Crippen molar-refractivity contribution in [1.82, 2.24) is 5.32 Å². The van der Waals surface area contributed by atoms with Crippen molar-refractivity contribution in [2.75, 3.05) is 20.8 Å². The van der Waals surface area contributed by atoms with Gasteiger partial charge in [0, 0.05) is 0 Å². The number of nitrogens with one attached hydrogen (secondary N) is 1. The van der Waals surface area contributed by atoms with Gasteiger partial charge in [0.25, 0.3) is 0 Å². The first-order valence-corrected chi connectivity index (χ1v) is 9.07. The predicted molar refractivity (Wildman–Crippen MR) is 102 cm³/mol. The number of carbonyl (C=O) groups is 2. The van der Waals surface area contributed by atoms with E-state index in [4.69, 9.17) is 58.5 Å². The van der Waals surface area contributed by atoms with E-state index in [0.717, 1.165) is 0 Å². The van der Waals surface area contributed by atoms with Gasteiger partial charge in [-0.3, -0.25) is 0 Å². The zero-order valence-corrected chi connectivity index (χ0v) is 17.2. The fourth-order valence-corrected chi connectivity index (χ4v) is 2.37. The number of methoxy groups -OCH3 is 2. The van der Waals surface area contributed by atoms with Gasteiger partial charge in [0.15, 0.2) is 6.10 Å². The summed E-state index contributed by atoms with van der Waals surface area (Å²) in [6.07, 6.45) is 0.110. The van der Waals surface area contributed by atoms with Crippen LogP contribution in [0.5, 0.6) is 11.5 Å². The molecule has 3 atom stereocenters.